The zero-order valence-electron chi connectivity index (χ0n) is 8.90. The molecule has 0 aliphatic heterocycles. The summed E-state index contributed by atoms with van der Waals surface area (Å²) in [6.45, 7) is 0.501. The van der Waals surface area contributed by atoms with Gasteiger partial charge < -0.3 is 5.73 Å². The number of benzene rings is 1. The van der Waals surface area contributed by atoms with Crippen LogP contribution in [0.1, 0.15) is 4.88 Å². The van der Waals surface area contributed by atoms with Gasteiger partial charge in [0.2, 0.25) is 0 Å². The van der Waals surface area contributed by atoms with Gasteiger partial charge in [0.05, 0.1) is 0 Å². The molecule has 1 nitrogen and oxygen atoms in total. The first-order valence-corrected chi connectivity index (χ1v) is 6.78. The number of rotatable bonds is 4. The van der Waals surface area contributed by atoms with E-state index in [9.17, 15) is 8.78 Å². The van der Waals surface area contributed by atoms with Crippen LogP contribution in [0.5, 0.6) is 0 Å². The summed E-state index contributed by atoms with van der Waals surface area (Å²) < 4.78 is 24.3. The van der Waals surface area contributed by atoms with E-state index in [0.29, 0.717) is 23.2 Å². The molecule has 17 heavy (non-hydrogen) atoms. The minimum Gasteiger partial charge on any atom is -0.326 e. The van der Waals surface area contributed by atoms with E-state index in [0.717, 1.165) is 16.0 Å². The second-order valence-corrected chi connectivity index (χ2v) is 5.43. The lowest BCUT2D eigenvalue weighted by atomic mass is 10.1. The zero-order chi connectivity index (χ0) is 12.3. The van der Waals surface area contributed by atoms with Gasteiger partial charge in [-0.3, -0.25) is 0 Å². The highest BCUT2D eigenvalue weighted by molar-refractivity contribution is 7.99. The molecule has 1 aromatic heterocycles. The number of nitrogens with two attached hydrogens (primary N) is 1. The Labute approximate surface area is 107 Å². The van der Waals surface area contributed by atoms with Gasteiger partial charge in [0.15, 0.2) is 0 Å². The van der Waals surface area contributed by atoms with Gasteiger partial charge in [0, 0.05) is 16.3 Å². The van der Waals surface area contributed by atoms with Gasteiger partial charge in [0.1, 0.15) is 0 Å². The van der Waals surface area contributed by atoms with Crippen molar-refractivity contribution in [2.45, 2.75) is 17.2 Å². The Hall–Kier alpha value is -0.910. The quantitative estimate of drug-likeness (QED) is 0.844. The van der Waals surface area contributed by atoms with Crippen LogP contribution >= 0.6 is 23.1 Å². The molecule has 0 saturated carbocycles. The normalized spacial score (nSPS) is 11.1. The van der Waals surface area contributed by atoms with E-state index in [4.69, 9.17) is 5.73 Å². The number of thioether (sulfide) groups is 1. The standard InChI is InChI=1S/C12H11F2NS2/c13-12(14)17-9-3-1-8(2-4-9)10-5-6-16-11(10)7-15/h1-6,12H,7,15H2. The topological polar surface area (TPSA) is 26.0 Å². The summed E-state index contributed by atoms with van der Waals surface area (Å²) in [6, 6.07) is 9.13. The van der Waals surface area contributed by atoms with Crippen molar-refractivity contribution in [3.05, 3.63) is 40.6 Å². The third-order valence-corrected chi connectivity index (χ3v) is 3.99. The highest BCUT2D eigenvalue weighted by Crippen LogP contribution is 2.31. The van der Waals surface area contributed by atoms with E-state index in [-0.39, 0.29) is 0 Å². The third-order valence-electron chi connectivity index (χ3n) is 2.32. The second kappa shape index (κ2) is 5.62. The van der Waals surface area contributed by atoms with Crippen LogP contribution in [0.15, 0.2) is 40.6 Å². The van der Waals surface area contributed by atoms with Crippen molar-refractivity contribution in [2.75, 3.05) is 0 Å². The van der Waals surface area contributed by atoms with Crippen molar-refractivity contribution in [1.82, 2.24) is 0 Å². The molecule has 2 N–H and O–H groups in total. The maximum absolute atomic E-state index is 12.2. The lowest BCUT2D eigenvalue weighted by Crippen LogP contribution is -1.94. The fourth-order valence-electron chi connectivity index (χ4n) is 1.57. The van der Waals surface area contributed by atoms with Crippen LogP contribution in [0.2, 0.25) is 0 Å². The Kier molecular flexibility index (Phi) is 4.15. The maximum Gasteiger partial charge on any atom is 0.288 e. The molecule has 0 radical (unpaired) electrons. The molecule has 0 bridgehead atoms. The van der Waals surface area contributed by atoms with Gasteiger partial charge in [-0.2, -0.15) is 8.78 Å². The van der Waals surface area contributed by atoms with Crippen molar-refractivity contribution >= 4 is 23.1 Å². The van der Waals surface area contributed by atoms with Crippen molar-refractivity contribution in [2.24, 2.45) is 5.73 Å². The van der Waals surface area contributed by atoms with Crippen LogP contribution in [-0.2, 0) is 6.54 Å². The molecule has 0 aliphatic rings. The number of hydrogen-bond donors (Lipinski definition) is 1. The van der Waals surface area contributed by atoms with Crippen LogP contribution in [-0.4, -0.2) is 5.76 Å². The van der Waals surface area contributed by atoms with Crippen molar-refractivity contribution in [1.29, 1.82) is 0 Å². The van der Waals surface area contributed by atoms with Crippen molar-refractivity contribution in [3.8, 4) is 11.1 Å². The Balaban J connectivity index is 2.23. The van der Waals surface area contributed by atoms with Crippen molar-refractivity contribution in [3.63, 3.8) is 0 Å². The summed E-state index contributed by atoms with van der Waals surface area (Å²) in [6.07, 6.45) is 0. The minimum atomic E-state index is -2.37. The smallest absolute Gasteiger partial charge is 0.288 e. The van der Waals surface area contributed by atoms with Crippen LogP contribution in [0, 0.1) is 0 Å². The highest BCUT2D eigenvalue weighted by Gasteiger charge is 2.07. The fraction of sp³-hybridized carbons (Fsp3) is 0.167. The predicted molar refractivity (Wildman–Crippen MR) is 69.5 cm³/mol. The molecule has 1 heterocycles. The van der Waals surface area contributed by atoms with Gasteiger partial charge in [-0.05, 0) is 34.7 Å². The van der Waals surface area contributed by atoms with Gasteiger partial charge in [0.25, 0.3) is 5.76 Å². The number of alkyl halides is 2. The van der Waals surface area contributed by atoms with Gasteiger partial charge in [-0.25, -0.2) is 0 Å². The number of halogens is 2. The average molecular weight is 271 g/mol. The number of hydrogen-bond acceptors (Lipinski definition) is 3. The molecular formula is C12H11F2NS2. The zero-order valence-corrected chi connectivity index (χ0v) is 10.5. The first kappa shape index (κ1) is 12.5. The van der Waals surface area contributed by atoms with Gasteiger partial charge >= 0.3 is 0 Å². The molecule has 0 fully saturated rings. The van der Waals surface area contributed by atoms with Gasteiger partial charge in [-0.15, -0.1) is 11.3 Å². The molecule has 1 aromatic carbocycles. The summed E-state index contributed by atoms with van der Waals surface area (Å²) in [7, 11) is 0. The van der Waals surface area contributed by atoms with E-state index in [1.165, 1.54) is 0 Å². The molecule has 90 valence electrons. The number of thiophene rings is 1. The van der Waals surface area contributed by atoms with E-state index in [1.54, 1.807) is 23.5 Å². The molecule has 0 atom stereocenters. The summed E-state index contributed by atoms with van der Waals surface area (Å²) >= 11 is 2.17. The summed E-state index contributed by atoms with van der Waals surface area (Å²) in [4.78, 5) is 1.69. The molecule has 0 unspecified atom stereocenters. The summed E-state index contributed by atoms with van der Waals surface area (Å²) in [5, 5.41) is 1.99. The molecule has 0 aliphatic carbocycles. The Morgan fingerprint density at radius 1 is 1.18 bits per heavy atom. The van der Waals surface area contributed by atoms with Crippen LogP contribution in [0.3, 0.4) is 0 Å². The van der Waals surface area contributed by atoms with Crippen LogP contribution < -0.4 is 5.73 Å². The first-order chi connectivity index (χ1) is 8.20. The average Bonchev–Trinajstić information content (AvgIpc) is 2.77. The Morgan fingerprint density at radius 3 is 2.47 bits per heavy atom. The SMILES string of the molecule is NCc1sccc1-c1ccc(SC(F)F)cc1. The predicted octanol–water partition coefficient (Wildman–Crippen LogP) is 4.19. The molecule has 0 saturated heterocycles. The fourth-order valence-corrected chi connectivity index (χ4v) is 2.85. The van der Waals surface area contributed by atoms with Crippen LogP contribution in [0.4, 0.5) is 8.78 Å². The Morgan fingerprint density at radius 2 is 1.88 bits per heavy atom. The minimum absolute atomic E-state index is 0.501. The summed E-state index contributed by atoms with van der Waals surface area (Å²) in [5.41, 5.74) is 7.74. The van der Waals surface area contributed by atoms with Gasteiger partial charge in [-0.1, -0.05) is 23.9 Å². The van der Waals surface area contributed by atoms with Crippen molar-refractivity contribution < 1.29 is 8.78 Å². The van der Waals surface area contributed by atoms with Crippen LogP contribution in [0.25, 0.3) is 11.1 Å². The molecule has 5 heteroatoms. The van der Waals surface area contributed by atoms with E-state index >= 15 is 0 Å². The van der Waals surface area contributed by atoms with E-state index in [2.05, 4.69) is 0 Å². The molecule has 2 aromatic rings. The molecule has 0 amide bonds. The summed E-state index contributed by atoms with van der Waals surface area (Å²) in [5.74, 6) is -2.37. The molecular weight excluding hydrogens is 260 g/mol. The monoisotopic (exact) mass is 271 g/mol. The third kappa shape index (κ3) is 3.06. The molecule has 2 rings (SSSR count). The maximum atomic E-state index is 12.2. The largest absolute Gasteiger partial charge is 0.326 e. The Bertz CT molecular complexity index is 480. The lowest BCUT2D eigenvalue weighted by Gasteiger charge is -2.04. The second-order valence-electron chi connectivity index (χ2n) is 3.36. The molecule has 0 spiro atoms. The first-order valence-electron chi connectivity index (χ1n) is 5.02. The lowest BCUT2D eigenvalue weighted by molar-refractivity contribution is 0.252. The highest BCUT2D eigenvalue weighted by atomic mass is 32.2. The van der Waals surface area contributed by atoms with E-state index in [1.807, 2.05) is 23.6 Å². The van der Waals surface area contributed by atoms with E-state index < -0.39 is 5.76 Å².